The third-order valence-electron chi connectivity index (χ3n) is 4.44. The summed E-state index contributed by atoms with van der Waals surface area (Å²) in [6.45, 7) is 3.39. The molecule has 0 aliphatic rings. The second-order valence-corrected chi connectivity index (χ2v) is 7.89. The number of H-pyrrole nitrogens is 1. The molecule has 0 fully saturated rings. The summed E-state index contributed by atoms with van der Waals surface area (Å²) < 4.78 is 0. The van der Waals surface area contributed by atoms with Gasteiger partial charge in [-0.1, -0.05) is 0 Å². The third kappa shape index (κ3) is 4.50. The molecule has 0 aliphatic heterocycles. The van der Waals surface area contributed by atoms with Crippen LogP contribution < -0.4 is 21.1 Å². The molecule has 3 aromatic heterocycles. The van der Waals surface area contributed by atoms with Crippen molar-refractivity contribution in [3.05, 3.63) is 51.6 Å². The van der Waals surface area contributed by atoms with Crippen LogP contribution in [0, 0.1) is 6.92 Å². The molecule has 9 nitrogen and oxygen atoms in total. The molecule has 158 valence electrons. The molecule has 3 heterocycles. The van der Waals surface area contributed by atoms with E-state index in [-0.39, 0.29) is 18.1 Å². The van der Waals surface area contributed by atoms with E-state index < -0.39 is 6.04 Å². The molecule has 1 atom stereocenters. The lowest BCUT2D eigenvalue weighted by Gasteiger charge is -2.20. The zero-order valence-electron chi connectivity index (χ0n) is 17.2. The first-order chi connectivity index (χ1) is 14.3. The molecule has 0 bridgehead atoms. The lowest BCUT2D eigenvalue weighted by atomic mass is 10.1. The summed E-state index contributed by atoms with van der Waals surface area (Å²) in [5.41, 5.74) is 4.22. The fourth-order valence-corrected chi connectivity index (χ4v) is 3.69. The lowest BCUT2D eigenvalue weighted by Crippen LogP contribution is -2.35. The maximum Gasteiger partial charge on any atom is 0.258 e. The standard InChI is InChI=1S/C20H24N6O3S/c1-11(9-27)23-20(29)14-8-21-6-5-15(14)24-16-7-13(17-12(2)22-10-30-17)19(28)25-18(16)26(3)4/h5-8,10-11,27H,9H2,1-4H3,(H,21,24)(H,23,29)(H,25,28). The minimum Gasteiger partial charge on any atom is -0.394 e. The largest absolute Gasteiger partial charge is 0.394 e. The Morgan fingerprint density at radius 2 is 2.13 bits per heavy atom. The second-order valence-electron chi connectivity index (χ2n) is 7.04. The number of aliphatic hydroxyl groups is 1. The number of amides is 1. The van der Waals surface area contributed by atoms with Gasteiger partial charge < -0.3 is 25.6 Å². The number of hydrogen-bond donors (Lipinski definition) is 4. The second kappa shape index (κ2) is 9.06. The fraction of sp³-hybridized carbons (Fsp3) is 0.300. The quantitative estimate of drug-likeness (QED) is 0.454. The van der Waals surface area contributed by atoms with Gasteiger partial charge in [-0.2, -0.15) is 0 Å². The van der Waals surface area contributed by atoms with Crippen molar-refractivity contribution in [1.82, 2.24) is 20.3 Å². The number of thiazole rings is 1. The first kappa shape index (κ1) is 21.5. The predicted molar refractivity (Wildman–Crippen MR) is 119 cm³/mol. The maximum atomic E-state index is 12.7. The van der Waals surface area contributed by atoms with E-state index in [4.69, 9.17) is 0 Å². The smallest absolute Gasteiger partial charge is 0.258 e. The highest BCUT2D eigenvalue weighted by Gasteiger charge is 2.18. The minimum absolute atomic E-state index is 0.170. The molecule has 0 aliphatic carbocycles. The van der Waals surface area contributed by atoms with Crippen LogP contribution in [0.3, 0.4) is 0 Å². The van der Waals surface area contributed by atoms with Crippen LogP contribution in [0.25, 0.3) is 10.4 Å². The van der Waals surface area contributed by atoms with E-state index in [1.807, 2.05) is 21.0 Å². The molecular weight excluding hydrogens is 404 g/mol. The van der Waals surface area contributed by atoms with E-state index in [1.165, 1.54) is 17.5 Å². The van der Waals surface area contributed by atoms with Gasteiger partial charge in [-0.15, -0.1) is 11.3 Å². The van der Waals surface area contributed by atoms with Crippen molar-refractivity contribution in [3.63, 3.8) is 0 Å². The number of rotatable bonds is 7. The number of carbonyl (C=O) groups excluding carboxylic acids is 1. The molecule has 0 aromatic carbocycles. The molecule has 0 spiro atoms. The van der Waals surface area contributed by atoms with Crippen LogP contribution in [0.15, 0.2) is 34.8 Å². The summed E-state index contributed by atoms with van der Waals surface area (Å²) >= 11 is 1.39. The van der Waals surface area contributed by atoms with E-state index in [0.29, 0.717) is 28.3 Å². The number of nitrogens with zero attached hydrogens (tertiary/aromatic N) is 3. The van der Waals surface area contributed by atoms with Gasteiger partial charge in [0.25, 0.3) is 11.5 Å². The molecule has 10 heteroatoms. The van der Waals surface area contributed by atoms with E-state index in [0.717, 1.165) is 10.6 Å². The molecule has 1 amide bonds. The van der Waals surface area contributed by atoms with Gasteiger partial charge in [0.1, 0.15) is 5.82 Å². The highest BCUT2D eigenvalue weighted by atomic mass is 32.1. The maximum absolute atomic E-state index is 12.7. The van der Waals surface area contributed by atoms with Gasteiger partial charge in [0.2, 0.25) is 0 Å². The van der Waals surface area contributed by atoms with Gasteiger partial charge in [0.05, 0.1) is 45.2 Å². The monoisotopic (exact) mass is 428 g/mol. The first-order valence-electron chi connectivity index (χ1n) is 9.29. The fourth-order valence-electron chi connectivity index (χ4n) is 2.87. The Morgan fingerprint density at radius 1 is 1.37 bits per heavy atom. The average Bonchev–Trinajstić information content (AvgIpc) is 3.14. The Balaban J connectivity index is 2.06. The molecule has 4 N–H and O–H groups in total. The minimum atomic E-state index is -0.392. The lowest BCUT2D eigenvalue weighted by molar-refractivity contribution is 0.0923. The van der Waals surface area contributed by atoms with Gasteiger partial charge in [0, 0.05) is 32.5 Å². The summed E-state index contributed by atoms with van der Waals surface area (Å²) in [4.78, 5) is 39.1. The summed E-state index contributed by atoms with van der Waals surface area (Å²) in [6, 6.07) is 3.05. The van der Waals surface area contributed by atoms with Crippen molar-refractivity contribution >= 4 is 34.4 Å². The normalized spacial score (nSPS) is 11.8. The molecule has 1 unspecified atom stereocenters. The van der Waals surface area contributed by atoms with Crippen molar-refractivity contribution in [2.24, 2.45) is 0 Å². The average molecular weight is 429 g/mol. The van der Waals surface area contributed by atoms with Crippen LogP contribution >= 0.6 is 11.3 Å². The number of aryl methyl sites for hydroxylation is 1. The Hall–Kier alpha value is -3.24. The van der Waals surface area contributed by atoms with Gasteiger partial charge in [-0.3, -0.25) is 14.6 Å². The summed E-state index contributed by atoms with van der Waals surface area (Å²) in [6.07, 6.45) is 3.03. The summed E-state index contributed by atoms with van der Waals surface area (Å²) in [7, 11) is 3.63. The van der Waals surface area contributed by atoms with Crippen LogP contribution in [-0.4, -0.2) is 52.7 Å². The third-order valence-corrected chi connectivity index (χ3v) is 5.41. The summed E-state index contributed by atoms with van der Waals surface area (Å²) in [5, 5.41) is 15.2. The zero-order chi connectivity index (χ0) is 21.8. The molecule has 30 heavy (non-hydrogen) atoms. The van der Waals surface area contributed by atoms with E-state index in [1.54, 1.807) is 35.7 Å². The van der Waals surface area contributed by atoms with Gasteiger partial charge >= 0.3 is 0 Å². The SMILES string of the molecule is Cc1ncsc1-c1cc(Nc2ccncc2C(=O)NC(C)CO)c(N(C)C)[nH]c1=O. The van der Waals surface area contributed by atoms with Crippen molar-refractivity contribution in [3.8, 4) is 10.4 Å². The van der Waals surface area contributed by atoms with Crippen molar-refractivity contribution < 1.29 is 9.90 Å². The first-order valence-corrected chi connectivity index (χ1v) is 10.2. The molecule has 3 aromatic rings. The Kier molecular flexibility index (Phi) is 6.48. The van der Waals surface area contributed by atoms with Crippen LogP contribution in [-0.2, 0) is 0 Å². The molecule has 3 rings (SSSR count). The Labute approximate surface area is 177 Å². The number of hydrogen-bond acceptors (Lipinski definition) is 8. The van der Waals surface area contributed by atoms with Crippen molar-refractivity contribution in [2.75, 3.05) is 30.9 Å². The zero-order valence-corrected chi connectivity index (χ0v) is 18.0. The topological polar surface area (TPSA) is 123 Å². The molecule has 0 radical (unpaired) electrons. The van der Waals surface area contributed by atoms with Gasteiger partial charge in [-0.25, -0.2) is 4.98 Å². The number of aromatic nitrogens is 3. The highest BCUT2D eigenvalue weighted by molar-refractivity contribution is 7.13. The predicted octanol–water partition coefficient (Wildman–Crippen LogP) is 2.12. The number of anilines is 3. The van der Waals surface area contributed by atoms with E-state index in [9.17, 15) is 14.7 Å². The Bertz CT molecular complexity index is 1110. The number of aromatic amines is 1. The van der Waals surface area contributed by atoms with Crippen molar-refractivity contribution in [2.45, 2.75) is 19.9 Å². The van der Waals surface area contributed by atoms with E-state index in [2.05, 4.69) is 25.6 Å². The van der Waals surface area contributed by atoms with Crippen LogP contribution in [0.5, 0.6) is 0 Å². The Morgan fingerprint density at radius 3 is 2.77 bits per heavy atom. The molecular formula is C20H24N6O3S. The number of nitrogens with one attached hydrogen (secondary N) is 3. The van der Waals surface area contributed by atoms with Crippen LogP contribution in [0.2, 0.25) is 0 Å². The highest BCUT2D eigenvalue weighted by Crippen LogP contribution is 2.32. The molecule has 0 saturated carbocycles. The number of pyridine rings is 2. The molecule has 0 saturated heterocycles. The van der Waals surface area contributed by atoms with Gasteiger partial charge in [-0.05, 0) is 26.0 Å². The summed E-state index contributed by atoms with van der Waals surface area (Å²) in [5.74, 6) is 0.208. The number of aliphatic hydroxyl groups excluding tert-OH is 1. The van der Waals surface area contributed by atoms with Gasteiger partial charge in [0.15, 0.2) is 0 Å². The van der Waals surface area contributed by atoms with Crippen LogP contribution in [0.4, 0.5) is 17.2 Å². The van der Waals surface area contributed by atoms with Crippen LogP contribution in [0.1, 0.15) is 23.0 Å². The van der Waals surface area contributed by atoms with E-state index >= 15 is 0 Å². The van der Waals surface area contributed by atoms with Crippen molar-refractivity contribution in [1.29, 1.82) is 0 Å². The number of carbonyl (C=O) groups is 1.